The van der Waals surface area contributed by atoms with Crippen LogP contribution in [-0.4, -0.2) is 43.9 Å². The number of nitrogens with two attached hydrogens (primary N) is 1. The van der Waals surface area contributed by atoms with Crippen molar-refractivity contribution in [3.05, 3.63) is 28.5 Å². The second kappa shape index (κ2) is 7.12. The first-order valence-corrected chi connectivity index (χ1v) is 11.2. The van der Waals surface area contributed by atoms with Gasteiger partial charge in [-0.3, -0.25) is 4.79 Å². The maximum absolute atomic E-state index is 14.4. The van der Waals surface area contributed by atoms with Crippen molar-refractivity contribution in [3.63, 3.8) is 0 Å². The second-order valence-electron chi connectivity index (χ2n) is 8.09. The highest BCUT2D eigenvalue weighted by Crippen LogP contribution is 2.47. The van der Waals surface area contributed by atoms with Gasteiger partial charge >= 0.3 is 10.2 Å². The molecule has 2 aliphatic carbocycles. The van der Waals surface area contributed by atoms with Gasteiger partial charge in [0.1, 0.15) is 11.6 Å². The SMILES string of the molecule is N[C@]12C[C@H]1CN(S(=O)(=O)NC(=O)c1cc(Cl)c(OCC3CCCC3)cc1F)C2. The molecule has 1 aromatic carbocycles. The molecule has 0 unspecified atom stereocenters. The number of amides is 1. The number of nitrogens with zero attached hydrogens (tertiary/aromatic N) is 1. The summed E-state index contributed by atoms with van der Waals surface area (Å²) in [6.07, 6.45) is 5.23. The van der Waals surface area contributed by atoms with E-state index in [4.69, 9.17) is 22.1 Å². The number of rotatable bonds is 6. The van der Waals surface area contributed by atoms with Crippen LogP contribution in [0.1, 0.15) is 42.5 Å². The number of hydrogen-bond donors (Lipinski definition) is 2. The quantitative estimate of drug-likeness (QED) is 0.717. The minimum atomic E-state index is -4.10. The van der Waals surface area contributed by atoms with Crippen molar-refractivity contribution in [1.82, 2.24) is 9.03 Å². The molecule has 0 bridgehead atoms. The predicted molar refractivity (Wildman–Crippen MR) is 102 cm³/mol. The van der Waals surface area contributed by atoms with E-state index in [1.165, 1.54) is 0 Å². The van der Waals surface area contributed by atoms with Gasteiger partial charge in [-0.1, -0.05) is 24.4 Å². The highest BCUT2D eigenvalue weighted by atomic mass is 35.5. The number of hydrogen-bond acceptors (Lipinski definition) is 5. The lowest BCUT2D eigenvalue weighted by Crippen LogP contribution is -2.45. The standard InChI is InChI=1S/C18H23ClFN3O4S/c19-14-5-13(15(20)6-16(14)27-9-11-3-1-2-4-11)17(24)22-28(25,26)23-8-12-7-18(12,21)10-23/h5-6,11-12H,1-4,7-10,21H2,(H,22,24)/t12-,18-/m0/s1. The van der Waals surface area contributed by atoms with E-state index in [0.717, 1.165) is 48.5 Å². The fourth-order valence-electron chi connectivity index (χ4n) is 4.10. The van der Waals surface area contributed by atoms with Gasteiger partial charge in [0.15, 0.2) is 0 Å². The van der Waals surface area contributed by atoms with Gasteiger partial charge in [0, 0.05) is 24.7 Å². The first-order chi connectivity index (χ1) is 13.2. The van der Waals surface area contributed by atoms with Gasteiger partial charge in [0.05, 0.1) is 17.2 Å². The van der Waals surface area contributed by atoms with Gasteiger partial charge in [-0.2, -0.15) is 12.7 Å². The van der Waals surface area contributed by atoms with Crippen LogP contribution >= 0.6 is 11.6 Å². The fraction of sp³-hybridized carbons (Fsp3) is 0.611. The summed E-state index contributed by atoms with van der Waals surface area (Å²) >= 11 is 6.12. The molecule has 7 nitrogen and oxygen atoms in total. The molecule has 1 heterocycles. The minimum Gasteiger partial charge on any atom is -0.492 e. The molecular weight excluding hydrogens is 409 g/mol. The highest BCUT2D eigenvalue weighted by molar-refractivity contribution is 7.87. The Kier molecular flexibility index (Phi) is 5.06. The van der Waals surface area contributed by atoms with Crippen molar-refractivity contribution in [2.45, 2.75) is 37.6 Å². The lowest BCUT2D eigenvalue weighted by molar-refractivity contribution is 0.0975. The highest BCUT2D eigenvalue weighted by Gasteiger charge is 2.59. The van der Waals surface area contributed by atoms with Crippen molar-refractivity contribution in [1.29, 1.82) is 0 Å². The summed E-state index contributed by atoms with van der Waals surface area (Å²) in [4.78, 5) is 12.4. The molecule has 28 heavy (non-hydrogen) atoms. The number of benzene rings is 1. The van der Waals surface area contributed by atoms with Gasteiger partial charge in [-0.25, -0.2) is 9.11 Å². The Balaban J connectivity index is 1.43. The number of piperidine rings is 1. The summed E-state index contributed by atoms with van der Waals surface area (Å²) in [6, 6.07) is 2.12. The average molecular weight is 432 g/mol. The topological polar surface area (TPSA) is 102 Å². The van der Waals surface area contributed by atoms with Gasteiger partial charge < -0.3 is 10.5 Å². The van der Waals surface area contributed by atoms with E-state index in [2.05, 4.69) is 0 Å². The second-order valence-corrected chi connectivity index (χ2v) is 10.2. The Morgan fingerprint density at radius 3 is 2.75 bits per heavy atom. The number of carbonyl (C=O) groups excluding carboxylic acids is 1. The predicted octanol–water partition coefficient (Wildman–Crippen LogP) is 2.06. The van der Waals surface area contributed by atoms with E-state index < -0.39 is 33.0 Å². The van der Waals surface area contributed by atoms with Crippen LogP contribution in [0.15, 0.2) is 12.1 Å². The van der Waals surface area contributed by atoms with E-state index in [-0.39, 0.29) is 29.8 Å². The summed E-state index contributed by atoms with van der Waals surface area (Å²) in [7, 11) is -4.10. The Morgan fingerprint density at radius 2 is 2.11 bits per heavy atom. The maximum atomic E-state index is 14.4. The van der Waals surface area contributed by atoms with Crippen molar-refractivity contribution in [3.8, 4) is 5.75 Å². The third-order valence-corrected chi connectivity index (χ3v) is 7.65. The molecule has 1 aromatic rings. The van der Waals surface area contributed by atoms with Crippen LogP contribution in [0.4, 0.5) is 4.39 Å². The van der Waals surface area contributed by atoms with Gasteiger partial charge in [-0.15, -0.1) is 0 Å². The Bertz CT molecular complexity index is 906. The van der Waals surface area contributed by atoms with E-state index >= 15 is 0 Å². The molecular formula is C18H23ClFN3O4S. The monoisotopic (exact) mass is 431 g/mol. The summed E-state index contributed by atoms with van der Waals surface area (Å²) in [6.45, 7) is 0.851. The van der Waals surface area contributed by atoms with Crippen LogP contribution in [0.3, 0.4) is 0 Å². The third-order valence-electron chi connectivity index (χ3n) is 5.95. The summed E-state index contributed by atoms with van der Waals surface area (Å²) in [5.74, 6) is -1.28. The number of carbonyl (C=O) groups is 1. The van der Waals surface area contributed by atoms with E-state index in [1.54, 1.807) is 0 Å². The lowest BCUT2D eigenvalue weighted by Gasteiger charge is -2.19. The number of ether oxygens (including phenoxy) is 1. The number of halogens is 2. The van der Waals surface area contributed by atoms with Crippen molar-refractivity contribution < 1.29 is 22.3 Å². The maximum Gasteiger partial charge on any atom is 0.304 e. The zero-order valence-electron chi connectivity index (χ0n) is 15.3. The normalized spacial score (nSPS) is 27.6. The van der Waals surface area contributed by atoms with E-state index in [1.807, 2.05) is 4.72 Å². The molecule has 3 aliphatic rings. The van der Waals surface area contributed by atoms with E-state index in [0.29, 0.717) is 12.5 Å². The molecule has 1 aliphatic heterocycles. The molecule has 4 rings (SSSR count). The van der Waals surface area contributed by atoms with Crippen LogP contribution in [0.2, 0.25) is 5.02 Å². The summed E-state index contributed by atoms with van der Waals surface area (Å²) in [5.41, 5.74) is 5.06. The van der Waals surface area contributed by atoms with Crippen molar-refractivity contribution in [2.75, 3.05) is 19.7 Å². The van der Waals surface area contributed by atoms with Crippen LogP contribution in [0, 0.1) is 17.7 Å². The van der Waals surface area contributed by atoms with Crippen LogP contribution in [0.5, 0.6) is 5.75 Å². The first-order valence-electron chi connectivity index (χ1n) is 9.41. The Morgan fingerprint density at radius 1 is 1.39 bits per heavy atom. The average Bonchev–Trinajstić information content (AvgIpc) is 3.00. The van der Waals surface area contributed by atoms with Crippen molar-refractivity contribution in [2.24, 2.45) is 17.6 Å². The molecule has 2 saturated carbocycles. The van der Waals surface area contributed by atoms with Gasteiger partial charge in [-0.05, 0) is 37.2 Å². The Hall–Kier alpha value is -1.42. The largest absolute Gasteiger partial charge is 0.492 e. The number of fused-ring (bicyclic) bond motifs is 1. The molecule has 3 N–H and O–H groups in total. The zero-order valence-corrected chi connectivity index (χ0v) is 16.9. The molecule has 0 aromatic heterocycles. The first kappa shape index (κ1) is 19.9. The molecule has 10 heteroatoms. The lowest BCUT2D eigenvalue weighted by atomic mass is 10.1. The van der Waals surface area contributed by atoms with Crippen LogP contribution in [-0.2, 0) is 10.2 Å². The van der Waals surface area contributed by atoms with Gasteiger partial charge in [0.25, 0.3) is 5.91 Å². The molecule has 1 saturated heterocycles. The van der Waals surface area contributed by atoms with Crippen LogP contribution in [0.25, 0.3) is 0 Å². The smallest absolute Gasteiger partial charge is 0.304 e. The van der Waals surface area contributed by atoms with Crippen LogP contribution < -0.4 is 15.2 Å². The molecule has 3 fully saturated rings. The molecule has 1 amide bonds. The number of nitrogens with one attached hydrogen (secondary N) is 1. The van der Waals surface area contributed by atoms with Gasteiger partial charge in [0.2, 0.25) is 0 Å². The molecule has 154 valence electrons. The third kappa shape index (κ3) is 3.85. The molecule has 0 radical (unpaired) electrons. The van der Waals surface area contributed by atoms with Crippen molar-refractivity contribution >= 4 is 27.7 Å². The zero-order chi connectivity index (χ0) is 20.1. The molecule has 0 spiro atoms. The summed E-state index contributed by atoms with van der Waals surface area (Å²) < 4.78 is 47.9. The summed E-state index contributed by atoms with van der Waals surface area (Å²) in [5, 5.41) is 0.0604. The Labute approximate surface area is 168 Å². The van der Waals surface area contributed by atoms with E-state index in [9.17, 15) is 17.6 Å². The fourth-order valence-corrected chi connectivity index (χ4v) is 5.57. The molecule has 2 atom stereocenters. The minimum absolute atomic E-state index is 0.0604.